The molecule has 48 heavy (non-hydrogen) atoms. The number of hydrogen-bond donors (Lipinski definition) is 1. The number of nitrogens with zero attached hydrogens (tertiary/aromatic N) is 3. The topological polar surface area (TPSA) is 97.5 Å². The molecule has 0 aromatic rings. The molecule has 0 amide bonds. The highest BCUT2D eigenvalue weighted by Crippen LogP contribution is 2.14. The van der Waals surface area contributed by atoms with E-state index in [-0.39, 0.29) is 11.9 Å². The van der Waals surface area contributed by atoms with E-state index in [1.807, 2.05) is 0 Å². The number of unbranched alkanes of at least 4 members (excludes halogenated alkanes) is 20. The van der Waals surface area contributed by atoms with E-state index in [2.05, 4.69) is 28.6 Å². The van der Waals surface area contributed by atoms with E-state index in [0.717, 1.165) is 51.6 Å². The van der Waals surface area contributed by atoms with Gasteiger partial charge in [-0.05, 0) is 32.1 Å². The highest BCUT2D eigenvalue weighted by atomic mass is 16.5. The maximum atomic E-state index is 12.4. The summed E-state index contributed by atoms with van der Waals surface area (Å²) in [6.45, 7) is 9.60. The molecule has 1 aliphatic rings. The van der Waals surface area contributed by atoms with Gasteiger partial charge in [0.2, 0.25) is 0 Å². The Hall–Kier alpha value is -1.83. The van der Waals surface area contributed by atoms with Crippen molar-refractivity contribution in [3.8, 4) is 0 Å². The SMILES string of the molecule is CCCCCCCCCCCCCC(=O)OCCN(CCN=C(N)N1CCCCC1)CCOC(=O)CCCCCCCCCCCCC. The average Bonchev–Trinajstić information content (AvgIpc) is 3.09. The molecule has 0 unspecified atom stereocenters. The van der Waals surface area contributed by atoms with Crippen molar-refractivity contribution in [2.24, 2.45) is 10.7 Å². The van der Waals surface area contributed by atoms with Crippen LogP contribution in [0.4, 0.5) is 0 Å². The van der Waals surface area contributed by atoms with Gasteiger partial charge in [0.1, 0.15) is 13.2 Å². The van der Waals surface area contributed by atoms with E-state index < -0.39 is 0 Å². The number of likely N-dealkylation sites (tertiary alicyclic amines) is 1. The molecule has 0 atom stereocenters. The fraction of sp³-hybridized carbons (Fsp3) is 0.925. The van der Waals surface area contributed by atoms with Gasteiger partial charge in [0.25, 0.3) is 0 Å². The number of hydrogen-bond acceptors (Lipinski definition) is 6. The summed E-state index contributed by atoms with van der Waals surface area (Å²) >= 11 is 0. The predicted molar refractivity (Wildman–Crippen MR) is 202 cm³/mol. The summed E-state index contributed by atoms with van der Waals surface area (Å²) in [6.07, 6.45) is 32.4. The number of carbonyl (C=O) groups is 2. The summed E-state index contributed by atoms with van der Waals surface area (Å²) in [7, 11) is 0. The van der Waals surface area contributed by atoms with Gasteiger partial charge in [-0.25, -0.2) is 0 Å². The number of rotatable bonds is 33. The van der Waals surface area contributed by atoms with E-state index in [4.69, 9.17) is 15.2 Å². The van der Waals surface area contributed by atoms with Gasteiger partial charge in [-0.2, -0.15) is 0 Å². The number of piperidine rings is 1. The molecule has 1 fully saturated rings. The second-order valence-electron chi connectivity index (χ2n) is 14.1. The summed E-state index contributed by atoms with van der Waals surface area (Å²) in [5.74, 6) is 0.389. The van der Waals surface area contributed by atoms with E-state index in [1.54, 1.807) is 0 Å². The Labute approximate surface area is 296 Å². The number of ether oxygens (including phenoxy) is 2. The van der Waals surface area contributed by atoms with Crippen LogP contribution in [0.1, 0.15) is 187 Å². The van der Waals surface area contributed by atoms with Gasteiger partial charge in [-0.1, -0.05) is 142 Å². The summed E-state index contributed by atoms with van der Waals surface area (Å²) in [6, 6.07) is 0. The highest BCUT2D eigenvalue weighted by Gasteiger charge is 2.13. The molecule has 8 nitrogen and oxygen atoms in total. The van der Waals surface area contributed by atoms with Crippen molar-refractivity contribution in [2.75, 3.05) is 52.5 Å². The Morgan fingerprint density at radius 3 is 1.33 bits per heavy atom. The molecule has 1 heterocycles. The molecule has 8 heteroatoms. The molecule has 282 valence electrons. The summed E-state index contributed by atoms with van der Waals surface area (Å²) in [4.78, 5) is 33.7. The monoisotopic (exact) mass is 679 g/mol. The number of nitrogens with two attached hydrogens (primary N) is 1. The first-order chi connectivity index (χ1) is 23.6. The Morgan fingerprint density at radius 2 is 0.938 bits per heavy atom. The van der Waals surface area contributed by atoms with E-state index >= 15 is 0 Å². The largest absolute Gasteiger partial charge is 0.464 e. The molecule has 0 aromatic heterocycles. The smallest absolute Gasteiger partial charge is 0.305 e. The molecule has 0 bridgehead atoms. The van der Waals surface area contributed by atoms with Crippen molar-refractivity contribution in [3.63, 3.8) is 0 Å². The zero-order valence-corrected chi connectivity index (χ0v) is 31.8. The third kappa shape index (κ3) is 28.1. The predicted octanol–water partition coefficient (Wildman–Crippen LogP) is 9.58. The van der Waals surface area contributed by atoms with Gasteiger partial charge in [0.05, 0.1) is 6.54 Å². The summed E-state index contributed by atoms with van der Waals surface area (Å²) < 4.78 is 11.2. The standard InChI is InChI=1S/C40H78N4O4/c1-3-5-7-9-11-13-15-17-19-21-24-28-38(45)47-36-34-43(33-30-42-40(41)44-31-26-23-27-32-44)35-37-48-39(46)29-25-22-20-18-16-14-12-10-8-6-4-2/h3-37H2,1-2H3,(H2,41,42). The Bertz CT molecular complexity index is 728. The normalized spacial score (nSPS) is 13.7. The van der Waals surface area contributed by atoms with Gasteiger partial charge >= 0.3 is 11.9 Å². The lowest BCUT2D eigenvalue weighted by Crippen LogP contribution is -2.41. The fourth-order valence-electron chi connectivity index (χ4n) is 6.45. The molecule has 0 aliphatic carbocycles. The second-order valence-corrected chi connectivity index (χ2v) is 14.1. The Kier molecular flexibility index (Phi) is 31.0. The van der Waals surface area contributed by atoms with Crippen molar-refractivity contribution in [1.29, 1.82) is 0 Å². The van der Waals surface area contributed by atoms with Gasteiger partial charge in [0.15, 0.2) is 5.96 Å². The van der Waals surface area contributed by atoms with Crippen molar-refractivity contribution in [2.45, 2.75) is 187 Å². The van der Waals surface area contributed by atoms with E-state index in [0.29, 0.717) is 58.2 Å². The van der Waals surface area contributed by atoms with Gasteiger partial charge < -0.3 is 20.1 Å². The minimum Gasteiger partial charge on any atom is -0.464 e. The Balaban J connectivity index is 2.24. The number of guanidine groups is 1. The maximum Gasteiger partial charge on any atom is 0.305 e. The lowest BCUT2D eigenvalue weighted by Gasteiger charge is -2.27. The minimum atomic E-state index is -0.114. The summed E-state index contributed by atoms with van der Waals surface area (Å²) in [5.41, 5.74) is 6.26. The molecule has 1 saturated heterocycles. The highest BCUT2D eigenvalue weighted by molar-refractivity contribution is 5.78. The second kappa shape index (κ2) is 33.7. The molecule has 0 radical (unpaired) electrons. The van der Waals surface area contributed by atoms with Crippen molar-refractivity contribution in [1.82, 2.24) is 9.80 Å². The lowest BCUT2D eigenvalue weighted by atomic mass is 10.1. The van der Waals surface area contributed by atoms with E-state index in [9.17, 15) is 9.59 Å². The van der Waals surface area contributed by atoms with Crippen LogP contribution >= 0.6 is 0 Å². The van der Waals surface area contributed by atoms with Crippen LogP contribution in [0.2, 0.25) is 0 Å². The third-order valence-electron chi connectivity index (χ3n) is 9.68. The summed E-state index contributed by atoms with van der Waals surface area (Å²) in [5, 5.41) is 0. The first-order valence-corrected chi connectivity index (χ1v) is 20.6. The zero-order chi connectivity index (χ0) is 34.8. The van der Waals surface area contributed by atoms with Crippen LogP contribution in [-0.4, -0.2) is 80.2 Å². The number of aliphatic imine (C=N–C) groups is 1. The van der Waals surface area contributed by atoms with Crippen LogP contribution in [0.15, 0.2) is 4.99 Å². The molecule has 2 N–H and O–H groups in total. The van der Waals surface area contributed by atoms with Crippen LogP contribution < -0.4 is 5.73 Å². The maximum absolute atomic E-state index is 12.4. The Morgan fingerprint density at radius 1 is 0.562 bits per heavy atom. The number of carbonyl (C=O) groups excluding carboxylic acids is 2. The zero-order valence-electron chi connectivity index (χ0n) is 31.8. The van der Waals surface area contributed by atoms with Crippen molar-refractivity contribution in [3.05, 3.63) is 0 Å². The third-order valence-corrected chi connectivity index (χ3v) is 9.68. The minimum absolute atomic E-state index is 0.114. The molecule has 0 aromatic carbocycles. The van der Waals surface area contributed by atoms with Crippen LogP contribution in [-0.2, 0) is 19.1 Å². The quantitative estimate of drug-likeness (QED) is 0.0320. The first-order valence-electron chi connectivity index (χ1n) is 20.6. The average molecular weight is 679 g/mol. The number of esters is 2. The van der Waals surface area contributed by atoms with E-state index in [1.165, 1.54) is 122 Å². The molecular formula is C40H78N4O4. The molecule has 0 spiro atoms. The first kappa shape index (κ1) is 44.2. The van der Waals surface area contributed by atoms with Gasteiger partial charge in [0, 0.05) is 45.6 Å². The van der Waals surface area contributed by atoms with Crippen molar-refractivity contribution < 1.29 is 19.1 Å². The molecule has 0 saturated carbocycles. The van der Waals surface area contributed by atoms with Crippen LogP contribution in [0, 0.1) is 0 Å². The lowest BCUT2D eigenvalue weighted by molar-refractivity contribution is -0.144. The molecule has 1 rings (SSSR count). The van der Waals surface area contributed by atoms with Gasteiger partial charge in [-0.15, -0.1) is 0 Å². The molecule has 1 aliphatic heterocycles. The fourth-order valence-corrected chi connectivity index (χ4v) is 6.45. The van der Waals surface area contributed by atoms with Crippen molar-refractivity contribution >= 4 is 17.9 Å². The van der Waals surface area contributed by atoms with Gasteiger partial charge in [-0.3, -0.25) is 19.5 Å². The van der Waals surface area contributed by atoms with Crippen LogP contribution in [0.25, 0.3) is 0 Å². The van der Waals surface area contributed by atoms with Crippen LogP contribution in [0.3, 0.4) is 0 Å². The molecular weight excluding hydrogens is 600 g/mol. The van der Waals surface area contributed by atoms with Crippen LogP contribution in [0.5, 0.6) is 0 Å².